The molecule has 1 aromatic carbocycles. The molecule has 0 spiro atoms. The monoisotopic (exact) mass is 512 g/mol. The van der Waals surface area contributed by atoms with E-state index in [2.05, 4.69) is 25.3 Å². The van der Waals surface area contributed by atoms with Crippen LogP contribution in [0.4, 0.5) is 14.5 Å². The topological polar surface area (TPSA) is 127 Å². The largest absolute Gasteiger partial charge is 0.382 e. The number of carbonyl (C=O) groups is 1. The van der Waals surface area contributed by atoms with Crippen molar-refractivity contribution in [2.75, 3.05) is 5.32 Å². The van der Waals surface area contributed by atoms with Crippen molar-refractivity contribution in [3.63, 3.8) is 0 Å². The number of amides is 1. The molecule has 186 valence electrons. The molecule has 3 aromatic heterocycles. The van der Waals surface area contributed by atoms with E-state index in [-0.39, 0.29) is 44.3 Å². The first-order chi connectivity index (χ1) is 16.9. The molecule has 0 aliphatic heterocycles. The van der Waals surface area contributed by atoms with Gasteiger partial charge in [-0.2, -0.15) is 0 Å². The maximum Gasteiger partial charge on any atom is 0.248 e. The smallest absolute Gasteiger partial charge is 0.248 e. The molecule has 1 amide bonds. The number of rotatable bonds is 6. The molecule has 0 saturated carbocycles. The van der Waals surface area contributed by atoms with E-state index in [1.54, 1.807) is 13.8 Å². The van der Waals surface area contributed by atoms with Gasteiger partial charge in [0.05, 0.1) is 28.0 Å². The molecule has 0 aliphatic rings. The van der Waals surface area contributed by atoms with E-state index in [1.165, 1.54) is 44.4 Å². The summed E-state index contributed by atoms with van der Waals surface area (Å²) in [6.07, 6.45) is 2.72. The Hall–Kier alpha value is -3.76. The molecule has 0 saturated heterocycles. The normalized spacial score (nSPS) is 12.6. The Bertz CT molecular complexity index is 1490. The summed E-state index contributed by atoms with van der Waals surface area (Å²) in [4.78, 5) is 28.6. The van der Waals surface area contributed by atoms with Crippen molar-refractivity contribution < 1.29 is 18.7 Å². The minimum absolute atomic E-state index is 0.0517. The van der Waals surface area contributed by atoms with E-state index in [9.17, 15) is 14.3 Å². The van der Waals surface area contributed by atoms with Crippen LogP contribution in [-0.2, 0) is 5.60 Å². The molecular weight excluding hydrogens is 490 g/mol. The number of aliphatic hydroxyl groups is 1. The van der Waals surface area contributed by atoms with Crippen molar-refractivity contribution in [2.24, 2.45) is 5.73 Å². The van der Waals surface area contributed by atoms with Crippen molar-refractivity contribution >= 4 is 34.2 Å². The first kappa shape index (κ1) is 25.3. The van der Waals surface area contributed by atoms with E-state index < -0.39 is 29.2 Å². The third-order valence-corrected chi connectivity index (χ3v) is 6.06. The fraction of sp³-hybridized carbons (Fsp3) is 0.240. The summed E-state index contributed by atoms with van der Waals surface area (Å²) in [5.74, 6) is -1.72. The number of halogens is 3. The lowest BCUT2D eigenvalue weighted by Gasteiger charge is -2.20. The van der Waals surface area contributed by atoms with Crippen LogP contribution in [0.25, 0.3) is 22.3 Å². The zero-order valence-corrected chi connectivity index (χ0v) is 20.7. The van der Waals surface area contributed by atoms with Gasteiger partial charge in [0, 0.05) is 35.2 Å². The lowest BCUT2D eigenvalue weighted by atomic mass is 10.0. The zero-order chi connectivity index (χ0) is 26.4. The second kappa shape index (κ2) is 9.36. The van der Waals surface area contributed by atoms with Gasteiger partial charge in [0.25, 0.3) is 0 Å². The number of benzene rings is 1. The van der Waals surface area contributed by atoms with E-state index in [0.717, 1.165) is 6.07 Å². The number of nitrogens with zero attached hydrogens (tertiary/aromatic N) is 4. The number of nitrogens with one attached hydrogen (secondary N) is 1. The van der Waals surface area contributed by atoms with Gasteiger partial charge in [0.15, 0.2) is 11.6 Å². The van der Waals surface area contributed by atoms with Crippen LogP contribution in [0.5, 0.6) is 0 Å². The molecule has 4 aromatic rings. The molecule has 36 heavy (non-hydrogen) atoms. The fourth-order valence-corrected chi connectivity index (χ4v) is 3.87. The quantitative estimate of drug-likeness (QED) is 0.338. The summed E-state index contributed by atoms with van der Waals surface area (Å²) in [5, 5.41) is 13.4. The molecule has 3 heterocycles. The van der Waals surface area contributed by atoms with Crippen molar-refractivity contribution in [3.05, 3.63) is 76.0 Å². The number of aromatic nitrogens is 4. The third-order valence-electron chi connectivity index (χ3n) is 5.60. The van der Waals surface area contributed by atoms with Crippen LogP contribution in [0.3, 0.4) is 0 Å². The maximum absolute atomic E-state index is 15.1. The molecule has 4 rings (SSSR count). The van der Waals surface area contributed by atoms with Crippen LogP contribution in [0.2, 0.25) is 5.02 Å². The van der Waals surface area contributed by atoms with Crippen LogP contribution in [-0.4, -0.2) is 30.9 Å². The van der Waals surface area contributed by atoms with Gasteiger partial charge >= 0.3 is 0 Å². The zero-order valence-electron chi connectivity index (χ0n) is 19.9. The van der Waals surface area contributed by atoms with Crippen LogP contribution >= 0.6 is 11.6 Å². The molecule has 4 N–H and O–H groups in total. The summed E-state index contributed by atoms with van der Waals surface area (Å²) in [6, 6.07) is 4.37. The molecule has 0 fully saturated rings. The molecule has 1 atom stereocenters. The number of fused-ring (bicyclic) bond motifs is 1. The van der Waals surface area contributed by atoms with Gasteiger partial charge in [0.1, 0.15) is 22.6 Å². The van der Waals surface area contributed by atoms with E-state index in [4.69, 9.17) is 17.3 Å². The first-order valence-electron chi connectivity index (χ1n) is 10.9. The number of pyridine rings is 2. The Morgan fingerprint density at radius 1 is 1.14 bits per heavy atom. The van der Waals surface area contributed by atoms with Gasteiger partial charge in [-0.25, -0.2) is 28.7 Å². The SMILES string of the molecule is Cc1nc2cc(F)c(-c3cnc(C(C)(C)O)nc3)nc2c(N[C@H](C)c2cc(C(N)=O)ccc2F)c1Cl. The number of hydrogen-bond acceptors (Lipinski definition) is 7. The molecule has 0 radical (unpaired) electrons. The average Bonchev–Trinajstić information content (AvgIpc) is 2.81. The Morgan fingerprint density at radius 3 is 2.42 bits per heavy atom. The second-order valence-electron chi connectivity index (χ2n) is 8.89. The van der Waals surface area contributed by atoms with Crippen LogP contribution in [0.15, 0.2) is 36.7 Å². The third kappa shape index (κ3) is 4.82. The summed E-state index contributed by atoms with van der Waals surface area (Å²) in [7, 11) is 0. The number of carbonyl (C=O) groups excluding carboxylic acids is 1. The van der Waals surface area contributed by atoms with E-state index in [1.807, 2.05) is 0 Å². The Morgan fingerprint density at radius 2 is 1.81 bits per heavy atom. The van der Waals surface area contributed by atoms with E-state index >= 15 is 4.39 Å². The van der Waals surface area contributed by atoms with Crippen molar-refractivity contribution in [2.45, 2.75) is 39.3 Å². The molecule has 0 bridgehead atoms. The van der Waals surface area contributed by atoms with Gasteiger partial charge in [-0.05, 0) is 45.9 Å². The average molecular weight is 513 g/mol. The minimum atomic E-state index is -1.27. The Labute approximate surface area is 210 Å². The van der Waals surface area contributed by atoms with Crippen molar-refractivity contribution in [3.8, 4) is 11.3 Å². The van der Waals surface area contributed by atoms with Crippen LogP contribution in [0, 0.1) is 18.6 Å². The minimum Gasteiger partial charge on any atom is -0.382 e. The van der Waals surface area contributed by atoms with Gasteiger partial charge in [-0.3, -0.25) is 4.79 Å². The van der Waals surface area contributed by atoms with Crippen molar-refractivity contribution in [1.82, 2.24) is 19.9 Å². The first-order valence-corrected chi connectivity index (χ1v) is 11.3. The summed E-state index contributed by atoms with van der Waals surface area (Å²) in [6.45, 7) is 6.40. The molecule has 0 aliphatic carbocycles. The van der Waals surface area contributed by atoms with E-state index in [0.29, 0.717) is 11.4 Å². The summed E-state index contributed by atoms with van der Waals surface area (Å²) < 4.78 is 29.7. The predicted molar refractivity (Wildman–Crippen MR) is 132 cm³/mol. The summed E-state index contributed by atoms with van der Waals surface area (Å²) >= 11 is 6.56. The molecular formula is C25H23ClF2N6O2. The highest BCUT2D eigenvalue weighted by atomic mass is 35.5. The highest BCUT2D eigenvalue weighted by molar-refractivity contribution is 6.35. The Kier molecular flexibility index (Phi) is 6.59. The number of anilines is 1. The van der Waals surface area contributed by atoms with Crippen LogP contribution < -0.4 is 11.1 Å². The number of nitrogens with two attached hydrogens (primary N) is 1. The second-order valence-corrected chi connectivity index (χ2v) is 9.27. The lowest BCUT2D eigenvalue weighted by Crippen LogP contribution is -2.19. The number of primary amides is 1. The van der Waals surface area contributed by atoms with Gasteiger partial charge in [0.2, 0.25) is 5.91 Å². The molecule has 8 nitrogen and oxygen atoms in total. The number of hydrogen-bond donors (Lipinski definition) is 3. The summed E-state index contributed by atoms with van der Waals surface area (Å²) in [5.41, 5.74) is 5.83. The van der Waals surface area contributed by atoms with Crippen molar-refractivity contribution in [1.29, 1.82) is 0 Å². The highest BCUT2D eigenvalue weighted by Crippen LogP contribution is 2.36. The fourth-order valence-electron chi connectivity index (χ4n) is 3.69. The molecule has 11 heteroatoms. The maximum atomic E-state index is 15.1. The lowest BCUT2D eigenvalue weighted by molar-refractivity contribution is 0.0687. The van der Waals surface area contributed by atoms with Gasteiger partial charge in [-0.1, -0.05) is 11.6 Å². The molecule has 0 unspecified atom stereocenters. The predicted octanol–water partition coefficient (Wildman–Crippen LogP) is 4.83. The number of aryl methyl sites for hydroxylation is 1. The highest BCUT2D eigenvalue weighted by Gasteiger charge is 2.22. The van der Waals surface area contributed by atoms with Gasteiger partial charge < -0.3 is 16.2 Å². The standard InChI is InChI=1S/C25H23ClF2N6O2/c1-11(15-7-13(23(29)35)5-6-16(15)27)33-22-19(26)12(2)32-18-8-17(28)20(34-21(18)22)14-9-30-24(31-10-14)25(3,4)36/h5-11,36H,1-4H3,(H2,29,35)(H,32,33)/t11-/m1/s1. The van der Waals surface area contributed by atoms with Crippen LogP contribution in [0.1, 0.15) is 54.3 Å². The Balaban J connectivity index is 1.83. The van der Waals surface area contributed by atoms with Gasteiger partial charge in [-0.15, -0.1) is 0 Å².